The fourth-order valence-electron chi connectivity index (χ4n) is 3.73. The van der Waals surface area contributed by atoms with Crippen LogP contribution in [0.4, 0.5) is 0 Å². The summed E-state index contributed by atoms with van der Waals surface area (Å²) in [6, 6.07) is 19.5. The molecule has 136 valence electrons. The van der Waals surface area contributed by atoms with Gasteiger partial charge in [0.2, 0.25) is 0 Å². The van der Waals surface area contributed by atoms with Gasteiger partial charge >= 0.3 is 0 Å². The SMILES string of the molecule is CC(C)c1cc(C(C)(C)C)cc2ccc3c(-c4ccccc4)ncnc3c12. The van der Waals surface area contributed by atoms with Gasteiger partial charge in [-0.05, 0) is 33.9 Å². The lowest BCUT2D eigenvalue weighted by Gasteiger charge is -2.23. The lowest BCUT2D eigenvalue weighted by Crippen LogP contribution is -2.12. The van der Waals surface area contributed by atoms with Gasteiger partial charge in [0.25, 0.3) is 0 Å². The number of nitrogens with zero attached hydrogens (tertiary/aromatic N) is 2. The Morgan fingerprint density at radius 3 is 2.26 bits per heavy atom. The van der Waals surface area contributed by atoms with Crippen molar-refractivity contribution in [3.05, 3.63) is 72.1 Å². The van der Waals surface area contributed by atoms with Crippen LogP contribution < -0.4 is 0 Å². The van der Waals surface area contributed by atoms with E-state index in [0.717, 1.165) is 22.2 Å². The molecule has 0 spiro atoms. The number of fused-ring (bicyclic) bond motifs is 3. The molecule has 4 aromatic rings. The Hall–Kier alpha value is -2.74. The molecule has 1 aromatic heterocycles. The van der Waals surface area contributed by atoms with Crippen LogP contribution in [0.25, 0.3) is 32.9 Å². The van der Waals surface area contributed by atoms with Crippen LogP contribution in [-0.4, -0.2) is 9.97 Å². The Balaban J connectivity index is 2.10. The number of hydrogen-bond acceptors (Lipinski definition) is 2. The highest BCUT2D eigenvalue weighted by Gasteiger charge is 2.19. The first-order chi connectivity index (χ1) is 12.9. The lowest BCUT2D eigenvalue weighted by atomic mass is 9.82. The van der Waals surface area contributed by atoms with Crippen LogP contribution in [0.15, 0.2) is 60.9 Å². The summed E-state index contributed by atoms with van der Waals surface area (Å²) >= 11 is 0. The van der Waals surface area contributed by atoms with Gasteiger partial charge in [0.05, 0.1) is 11.2 Å². The molecule has 0 unspecified atom stereocenters. The average molecular weight is 354 g/mol. The van der Waals surface area contributed by atoms with E-state index in [9.17, 15) is 0 Å². The third-order valence-corrected chi connectivity index (χ3v) is 5.28. The molecule has 0 radical (unpaired) electrons. The molecule has 0 aliphatic carbocycles. The minimum Gasteiger partial charge on any atom is -0.236 e. The molecule has 3 aromatic carbocycles. The van der Waals surface area contributed by atoms with Crippen LogP contribution in [0.2, 0.25) is 0 Å². The van der Waals surface area contributed by atoms with E-state index in [0.29, 0.717) is 5.92 Å². The standard InChI is InChI=1S/C25H26N2/c1-16(2)21-14-19(25(3,4)5)13-18-11-12-20-23(17-9-7-6-8-10-17)26-15-27-24(20)22(18)21/h6-16H,1-5H3. The van der Waals surface area contributed by atoms with Crippen molar-refractivity contribution in [2.75, 3.05) is 0 Å². The van der Waals surface area contributed by atoms with E-state index in [-0.39, 0.29) is 5.41 Å². The highest BCUT2D eigenvalue weighted by atomic mass is 14.8. The van der Waals surface area contributed by atoms with Crippen molar-refractivity contribution >= 4 is 21.7 Å². The van der Waals surface area contributed by atoms with Gasteiger partial charge in [-0.2, -0.15) is 0 Å². The Kier molecular flexibility index (Phi) is 4.22. The molecular weight excluding hydrogens is 328 g/mol. The van der Waals surface area contributed by atoms with Gasteiger partial charge in [0.15, 0.2) is 0 Å². The van der Waals surface area contributed by atoms with Crippen LogP contribution in [0.5, 0.6) is 0 Å². The molecular formula is C25H26N2. The number of aromatic nitrogens is 2. The van der Waals surface area contributed by atoms with Gasteiger partial charge in [0.1, 0.15) is 6.33 Å². The van der Waals surface area contributed by atoms with Crippen LogP contribution >= 0.6 is 0 Å². The molecule has 27 heavy (non-hydrogen) atoms. The number of hydrogen-bond donors (Lipinski definition) is 0. The average Bonchev–Trinajstić information content (AvgIpc) is 2.66. The maximum Gasteiger partial charge on any atom is 0.116 e. The molecule has 0 fully saturated rings. The summed E-state index contributed by atoms with van der Waals surface area (Å²) in [7, 11) is 0. The van der Waals surface area contributed by atoms with E-state index in [4.69, 9.17) is 4.98 Å². The topological polar surface area (TPSA) is 25.8 Å². The zero-order valence-corrected chi connectivity index (χ0v) is 16.7. The van der Waals surface area contributed by atoms with Crippen molar-refractivity contribution in [2.45, 2.75) is 46.0 Å². The summed E-state index contributed by atoms with van der Waals surface area (Å²) in [6.45, 7) is 11.3. The molecule has 0 saturated carbocycles. The van der Waals surface area contributed by atoms with Gasteiger partial charge in [-0.25, -0.2) is 9.97 Å². The van der Waals surface area contributed by atoms with E-state index in [1.54, 1.807) is 6.33 Å². The van der Waals surface area contributed by atoms with Crippen molar-refractivity contribution in [1.82, 2.24) is 9.97 Å². The quantitative estimate of drug-likeness (QED) is 0.367. The monoisotopic (exact) mass is 354 g/mol. The first-order valence-corrected chi connectivity index (χ1v) is 9.63. The smallest absolute Gasteiger partial charge is 0.116 e. The van der Waals surface area contributed by atoms with Crippen molar-refractivity contribution in [1.29, 1.82) is 0 Å². The molecule has 0 bridgehead atoms. The molecule has 4 rings (SSSR count). The van der Waals surface area contributed by atoms with Crippen LogP contribution in [-0.2, 0) is 5.41 Å². The van der Waals surface area contributed by atoms with Crippen molar-refractivity contribution in [2.24, 2.45) is 0 Å². The zero-order chi connectivity index (χ0) is 19.2. The van der Waals surface area contributed by atoms with Gasteiger partial charge in [-0.3, -0.25) is 0 Å². The molecule has 0 atom stereocenters. The second-order valence-corrected chi connectivity index (χ2v) is 8.62. The summed E-state index contributed by atoms with van der Waals surface area (Å²) in [5, 5.41) is 3.63. The Labute approximate surface area is 161 Å². The summed E-state index contributed by atoms with van der Waals surface area (Å²) < 4.78 is 0. The fourth-order valence-corrected chi connectivity index (χ4v) is 3.73. The molecule has 0 amide bonds. The maximum absolute atomic E-state index is 4.72. The first kappa shape index (κ1) is 17.7. The normalized spacial score (nSPS) is 12.2. The molecule has 1 heterocycles. The predicted octanol–water partition coefficient (Wildman–Crippen LogP) is 6.87. The predicted molar refractivity (Wildman–Crippen MR) is 115 cm³/mol. The second kappa shape index (κ2) is 6.45. The molecule has 0 aliphatic heterocycles. The fraction of sp³-hybridized carbons (Fsp3) is 0.280. The zero-order valence-electron chi connectivity index (χ0n) is 16.7. The van der Waals surface area contributed by atoms with Crippen molar-refractivity contribution in [3.63, 3.8) is 0 Å². The van der Waals surface area contributed by atoms with E-state index >= 15 is 0 Å². The molecule has 0 saturated heterocycles. The highest BCUT2D eigenvalue weighted by Crippen LogP contribution is 2.37. The molecule has 0 N–H and O–H groups in total. The van der Waals surface area contributed by atoms with E-state index < -0.39 is 0 Å². The van der Waals surface area contributed by atoms with Crippen LogP contribution in [0.1, 0.15) is 51.7 Å². The summed E-state index contributed by atoms with van der Waals surface area (Å²) in [5.41, 5.74) is 6.02. The number of benzene rings is 3. The first-order valence-electron chi connectivity index (χ1n) is 9.63. The van der Waals surface area contributed by atoms with Gasteiger partial charge in [-0.15, -0.1) is 0 Å². The minimum atomic E-state index is 0.119. The van der Waals surface area contributed by atoms with Crippen molar-refractivity contribution in [3.8, 4) is 11.3 Å². The molecule has 0 aliphatic rings. The van der Waals surface area contributed by atoms with Crippen LogP contribution in [0.3, 0.4) is 0 Å². The molecule has 2 heteroatoms. The minimum absolute atomic E-state index is 0.119. The summed E-state index contributed by atoms with van der Waals surface area (Å²) in [5.74, 6) is 0.426. The third-order valence-electron chi connectivity index (χ3n) is 5.28. The highest BCUT2D eigenvalue weighted by molar-refractivity contribution is 6.10. The Morgan fingerprint density at radius 2 is 1.59 bits per heavy atom. The maximum atomic E-state index is 4.72. The second-order valence-electron chi connectivity index (χ2n) is 8.62. The Morgan fingerprint density at radius 1 is 0.852 bits per heavy atom. The van der Waals surface area contributed by atoms with Gasteiger partial charge in [0, 0.05) is 16.3 Å². The largest absolute Gasteiger partial charge is 0.236 e. The van der Waals surface area contributed by atoms with Crippen LogP contribution in [0, 0.1) is 0 Å². The summed E-state index contributed by atoms with van der Waals surface area (Å²) in [4.78, 5) is 9.32. The Bertz CT molecular complexity index is 1120. The molecule has 2 nitrogen and oxygen atoms in total. The van der Waals surface area contributed by atoms with Gasteiger partial charge in [-0.1, -0.05) is 83.1 Å². The third kappa shape index (κ3) is 3.10. The van der Waals surface area contributed by atoms with E-state index in [1.165, 1.54) is 21.9 Å². The number of rotatable bonds is 2. The van der Waals surface area contributed by atoms with Crippen molar-refractivity contribution < 1.29 is 0 Å². The van der Waals surface area contributed by atoms with Gasteiger partial charge < -0.3 is 0 Å². The summed E-state index contributed by atoms with van der Waals surface area (Å²) in [6.07, 6.45) is 1.70. The lowest BCUT2D eigenvalue weighted by molar-refractivity contribution is 0.589. The van der Waals surface area contributed by atoms with E-state index in [1.807, 2.05) is 6.07 Å². The van der Waals surface area contributed by atoms with E-state index in [2.05, 4.69) is 88.1 Å².